The van der Waals surface area contributed by atoms with Crippen molar-refractivity contribution in [2.24, 2.45) is 5.73 Å². The average molecular weight is 780 g/mol. The number of phosphoric ester groups is 1. The summed E-state index contributed by atoms with van der Waals surface area (Å²) in [6, 6.07) is 0. The molecule has 9 heteroatoms. The second-order valence-electron chi connectivity index (χ2n) is 14.3. The number of nitrogens with two attached hydrogens (primary N) is 1. The Morgan fingerprint density at radius 1 is 0.574 bits per heavy atom. The van der Waals surface area contributed by atoms with E-state index >= 15 is 0 Å². The largest absolute Gasteiger partial charge is 0.498 e. The average Bonchev–Trinajstić information content (AvgIpc) is 3.16. The lowest BCUT2D eigenvalue weighted by Gasteiger charge is -2.19. The van der Waals surface area contributed by atoms with Gasteiger partial charge in [0.2, 0.25) is 0 Å². The van der Waals surface area contributed by atoms with Crippen molar-refractivity contribution in [1.82, 2.24) is 0 Å². The van der Waals surface area contributed by atoms with Gasteiger partial charge in [-0.15, -0.1) is 0 Å². The molecule has 0 saturated heterocycles. The third-order valence-electron chi connectivity index (χ3n) is 8.98. The van der Waals surface area contributed by atoms with E-state index in [-0.39, 0.29) is 38.8 Å². The van der Waals surface area contributed by atoms with E-state index in [0.29, 0.717) is 6.42 Å². The van der Waals surface area contributed by atoms with Crippen molar-refractivity contribution in [3.8, 4) is 0 Å². The number of unbranched alkanes of at least 4 members (excludes halogenated alkanes) is 20. The molecule has 0 radical (unpaired) electrons. The summed E-state index contributed by atoms with van der Waals surface area (Å²) in [4.78, 5) is 22.4. The fraction of sp³-hybridized carbons (Fsp3) is 0.756. The minimum absolute atomic E-state index is 0.0179. The number of carbonyl (C=O) groups excluding carboxylic acids is 1. The van der Waals surface area contributed by atoms with Gasteiger partial charge in [-0.05, 0) is 63.9 Å². The standard InChI is InChI=1S/C45H82NO7P/c1-3-5-7-9-11-13-15-17-19-21-23-25-27-29-31-33-35-37-40-50-42-44(43-52-54(48,49)51-41-39-46)53-45(47)38-36-34-32-30-28-26-24-22-20-18-16-14-12-10-8-6-4-2/h8,10,14,16,20,22,26,28,37,40,44H,3-7,9,11-13,15,17-19,21,23-25,27,29-36,38-39,41-43,46H2,1-2H3,(H,48,49)/b10-8+,16-14+,22-20+,28-26+,40-37+/t44-/m1/s1. The number of carbonyl (C=O) groups is 1. The Morgan fingerprint density at radius 3 is 1.56 bits per heavy atom. The summed E-state index contributed by atoms with van der Waals surface area (Å²) in [6.07, 6.45) is 51.9. The minimum Gasteiger partial charge on any atom is -0.498 e. The van der Waals surface area contributed by atoms with Gasteiger partial charge < -0.3 is 20.1 Å². The molecule has 0 aliphatic carbocycles. The van der Waals surface area contributed by atoms with E-state index in [0.717, 1.165) is 57.8 Å². The van der Waals surface area contributed by atoms with E-state index in [1.54, 1.807) is 6.26 Å². The first kappa shape index (κ1) is 52.0. The smallest absolute Gasteiger partial charge is 0.472 e. The van der Waals surface area contributed by atoms with Gasteiger partial charge in [0.25, 0.3) is 0 Å². The summed E-state index contributed by atoms with van der Waals surface area (Å²) < 4.78 is 33.2. The van der Waals surface area contributed by atoms with Crippen LogP contribution < -0.4 is 5.73 Å². The summed E-state index contributed by atoms with van der Waals surface area (Å²) in [6.45, 7) is 4.14. The molecule has 0 heterocycles. The van der Waals surface area contributed by atoms with Crippen molar-refractivity contribution in [3.63, 3.8) is 0 Å². The second kappa shape index (κ2) is 42.2. The number of allylic oxidation sites excluding steroid dienone is 9. The Bertz CT molecular complexity index is 1010. The van der Waals surface area contributed by atoms with Crippen LogP contribution in [0.2, 0.25) is 0 Å². The Labute approximate surface area is 332 Å². The third-order valence-corrected chi connectivity index (χ3v) is 9.97. The minimum atomic E-state index is -4.30. The normalized spacial score (nSPS) is 14.0. The number of ether oxygens (including phenoxy) is 2. The molecule has 0 amide bonds. The SMILES string of the molecule is CCC/C=C/C/C=C/C/C=C/C/C=C/CCCCCC(=O)O[C@H](CO/C=C/CCCCCCCCCCCCCCCCCC)COP(=O)(O)OCCN. The molecule has 3 N–H and O–H groups in total. The predicted molar refractivity (Wildman–Crippen MR) is 228 cm³/mol. The van der Waals surface area contributed by atoms with Gasteiger partial charge in [0.05, 0.1) is 19.5 Å². The number of hydrogen-bond donors (Lipinski definition) is 2. The first-order valence-electron chi connectivity index (χ1n) is 21.8. The lowest BCUT2D eigenvalue weighted by molar-refractivity contribution is -0.153. The molecule has 0 aromatic rings. The van der Waals surface area contributed by atoms with E-state index in [2.05, 4.69) is 62.5 Å². The van der Waals surface area contributed by atoms with E-state index in [9.17, 15) is 14.3 Å². The van der Waals surface area contributed by atoms with Gasteiger partial charge in [-0.25, -0.2) is 4.57 Å². The number of hydrogen-bond acceptors (Lipinski definition) is 7. The Hall–Kier alpha value is -1.96. The molecule has 1 unspecified atom stereocenters. The molecule has 0 bridgehead atoms. The van der Waals surface area contributed by atoms with Crippen molar-refractivity contribution >= 4 is 13.8 Å². The highest BCUT2D eigenvalue weighted by molar-refractivity contribution is 7.47. The molecule has 0 rings (SSSR count). The predicted octanol–water partition coefficient (Wildman–Crippen LogP) is 13.3. The maximum atomic E-state index is 12.6. The summed E-state index contributed by atoms with van der Waals surface area (Å²) in [5, 5.41) is 0. The van der Waals surface area contributed by atoms with Crippen LogP contribution in [0, 0.1) is 0 Å². The number of rotatable bonds is 41. The van der Waals surface area contributed by atoms with Crippen molar-refractivity contribution in [2.45, 2.75) is 193 Å². The van der Waals surface area contributed by atoms with E-state index in [4.69, 9.17) is 24.3 Å². The van der Waals surface area contributed by atoms with Crippen LogP contribution in [0.15, 0.2) is 60.9 Å². The molecule has 2 atom stereocenters. The van der Waals surface area contributed by atoms with Crippen LogP contribution in [0.5, 0.6) is 0 Å². The zero-order valence-electron chi connectivity index (χ0n) is 34.7. The summed E-state index contributed by atoms with van der Waals surface area (Å²) >= 11 is 0. The maximum Gasteiger partial charge on any atom is 0.472 e. The first-order chi connectivity index (χ1) is 26.4. The maximum absolute atomic E-state index is 12.6. The van der Waals surface area contributed by atoms with Crippen molar-refractivity contribution in [2.75, 3.05) is 26.4 Å². The van der Waals surface area contributed by atoms with Gasteiger partial charge in [0.1, 0.15) is 6.61 Å². The molecule has 0 aliphatic heterocycles. The molecular formula is C45H82NO7P. The highest BCUT2D eigenvalue weighted by atomic mass is 31.2. The number of esters is 1. The van der Waals surface area contributed by atoms with Crippen LogP contribution in [0.3, 0.4) is 0 Å². The highest BCUT2D eigenvalue weighted by Crippen LogP contribution is 2.43. The van der Waals surface area contributed by atoms with Crippen LogP contribution in [0.1, 0.15) is 187 Å². The lowest BCUT2D eigenvalue weighted by atomic mass is 10.0. The molecule has 0 saturated carbocycles. The highest BCUT2D eigenvalue weighted by Gasteiger charge is 2.25. The van der Waals surface area contributed by atoms with Gasteiger partial charge in [-0.1, -0.05) is 172 Å². The van der Waals surface area contributed by atoms with Gasteiger partial charge >= 0.3 is 13.8 Å². The molecule has 0 aromatic heterocycles. The summed E-state index contributed by atoms with van der Waals surface area (Å²) in [5.74, 6) is -0.383. The van der Waals surface area contributed by atoms with Gasteiger partial charge in [0, 0.05) is 13.0 Å². The van der Waals surface area contributed by atoms with Crippen LogP contribution in [0.25, 0.3) is 0 Å². The Balaban J connectivity index is 4.14. The lowest BCUT2D eigenvalue weighted by Crippen LogP contribution is -2.27. The van der Waals surface area contributed by atoms with Crippen molar-refractivity contribution < 1.29 is 32.8 Å². The zero-order chi connectivity index (χ0) is 39.5. The van der Waals surface area contributed by atoms with E-state index < -0.39 is 13.9 Å². The van der Waals surface area contributed by atoms with Crippen molar-refractivity contribution in [1.29, 1.82) is 0 Å². The van der Waals surface area contributed by atoms with Crippen molar-refractivity contribution in [3.05, 3.63) is 60.9 Å². The molecular weight excluding hydrogens is 697 g/mol. The molecule has 54 heavy (non-hydrogen) atoms. The van der Waals surface area contributed by atoms with Gasteiger partial charge in [0.15, 0.2) is 6.10 Å². The monoisotopic (exact) mass is 780 g/mol. The molecule has 8 nitrogen and oxygen atoms in total. The fourth-order valence-corrected chi connectivity index (χ4v) is 6.54. The molecule has 314 valence electrons. The number of phosphoric acid groups is 1. The van der Waals surface area contributed by atoms with Gasteiger partial charge in [-0.3, -0.25) is 13.8 Å². The van der Waals surface area contributed by atoms with Crippen LogP contribution in [-0.2, 0) is 27.9 Å². The van der Waals surface area contributed by atoms with E-state index in [1.165, 1.54) is 103 Å². The van der Waals surface area contributed by atoms with E-state index in [1.807, 2.05) is 6.08 Å². The zero-order valence-corrected chi connectivity index (χ0v) is 35.6. The molecule has 0 spiro atoms. The second-order valence-corrected chi connectivity index (χ2v) is 15.7. The quantitative estimate of drug-likeness (QED) is 0.0207. The molecule has 0 fully saturated rings. The Kier molecular flexibility index (Phi) is 40.7. The fourth-order valence-electron chi connectivity index (χ4n) is 5.78. The van der Waals surface area contributed by atoms with Crippen LogP contribution in [0.4, 0.5) is 0 Å². The topological polar surface area (TPSA) is 117 Å². The van der Waals surface area contributed by atoms with Gasteiger partial charge in [-0.2, -0.15) is 0 Å². The molecule has 0 aromatic carbocycles. The van der Waals surface area contributed by atoms with Crippen LogP contribution >= 0.6 is 7.82 Å². The summed E-state index contributed by atoms with van der Waals surface area (Å²) in [7, 11) is -4.30. The van der Waals surface area contributed by atoms with Crippen LogP contribution in [-0.4, -0.2) is 43.3 Å². The first-order valence-corrected chi connectivity index (χ1v) is 23.3. The molecule has 0 aliphatic rings. The third kappa shape index (κ3) is 41.2. The summed E-state index contributed by atoms with van der Waals surface area (Å²) in [5.41, 5.74) is 5.36. The Morgan fingerprint density at radius 2 is 1.04 bits per heavy atom.